The van der Waals surface area contributed by atoms with Gasteiger partial charge in [0.25, 0.3) is 0 Å². The molecule has 0 spiro atoms. The summed E-state index contributed by atoms with van der Waals surface area (Å²) in [6.45, 7) is 2.87. The van der Waals surface area contributed by atoms with Crippen LogP contribution < -0.4 is 0 Å². The molecule has 0 saturated heterocycles. The van der Waals surface area contributed by atoms with Crippen molar-refractivity contribution in [2.75, 3.05) is 0 Å². The molecule has 0 aliphatic carbocycles. The van der Waals surface area contributed by atoms with E-state index < -0.39 is 0 Å². The zero-order valence-corrected chi connectivity index (χ0v) is 10.8. The van der Waals surface area contributed by atoms with E-state index >= 15 is 0 Å². The Morgan fingerprint density at radius 3 is 3.00 bits per heavy atom. The number of aromatic amines is 1. The van der Waals surface area contributed by atoms with Crippen LogP contribution in [0.25, 0.3) is 11.5 Å². The number of imidazole rings is 2. The molecule has 6 heteroatoms. The molecule has 3 rings (SSSR count). The number of hydrogen-bond acceptors (Lipinski definition) is 4. The lowest BCUT2D eigenvalue weighted by Crippen LogP contribution is -2.03. The molecule has 5 nitrogen and oxygen atoms in total. The zero-order valence-electron chi connectivity index (χ0n) is 10.00. The quantitative estimate of drug-likeness (QED) is 0.782. The van der Waals surface area contributed by atoms with Gasteiger partial charge in [-0.15, -0.1) is 11.3 Å². The Balaban J connectivity index is 1.82. The van der Waals surface area contributed by atoms with Crippen LogP contribution in [0.3, 0.4) is 0 Å². The molecule has 0 aromatic carbocycles. The molecule has 92 valence electrons. The highest BCUT2D eigenvalue weighted by molar-refractivity contribution is 7.07. The summed E-state index contributed by atoms with van der Waals surface area (Å²) in [5, 5.41) is 2.08. The molecule has 18 heavy (non-hydrogen) atoms. The second-order valence-electron chi connectivity index (χ2n) is 4.05. The minimum atomic E-state index is 0.866. The SMILES string of the molecule is Cc1[nH]cnc1-c1nccn1CCc1cscn1. The van der Waals surface area contributed by atoms with Crippen molar-refractivity contribution in [2.24, 2.45) is 0 Å². The van der Waals surface area contributed by atoms with E-state index in [1.165, 1.54) is 0 Å². The summed E-state index contributed by atoms with van der Waals surface area (Å²) in [7, 11) is 0. The molecule has 1 N–H and O–H groups in total. The van der Waals surface area contributed by atoms with Crippen molar-refractivity contribution in [1.82, 2.24) is 24.5 Å². The van der Waals surface area contributed by atoms with E-state index in [1.54, 1.807) is 17.7 Å². The fourth-order valence-corrected chi connectivity index (χ4v) is 2.48. The van der Waals surface area contributed by atoms with Gasteiger partial charge in [0.05, 0.1) is 17.5 Å². The van der Waals surface area contributed by atoms with E-state index in [2.05, 4.69) is 29.9 Å². The summed E-state index contributed by atoms with van der Waals surface area (Å²) in [6.07, 6.45) is 6.40. The Labute approximate surface area is 109 Å². The molecule has 0 amide bonds. The Kier molecular flexibility index (Phi) is 2.93. The van der Waals surface area contributed by atoms with Crippen LogP contribution in [0.5, 0.6) is 0 Å². The summed E-state index contributed by atoms with van der Waals surface area (Å²) in [4.78, 5) is 16.1. The van der Waals surface area contributed by atoms with Crippen molar-refractivity contribution in [1.29, 1.82) is 0 Å². The molecular weight excluding hydrogens is 246 g/mol. The van der Waals surface area contributed by atoms with E-state index in [0.29, 0.717) is 0 Å². The fraction of sp³-hybridized carbons (Fsp3) is 0.250. The van der Waals surface area contributed by atoms with Gasteiger partial charge in [0.2, 0.25) is 0 Å². The van der Waals surface area contributed by atoms with Crippen LogP contribution in [0.1, 0.15) is 11.4 Å². The van der Waals surface area contributed by atoms with Crippen molar-refractivity contribution < 1.29 is 0 Å². The third-order valence-corrected chi connectivity index (χ3v) is 3.48. The highest BCUT2D eigenvalue weighted by atomic mass is 32.1. The van der Waals surface area contributed by atoms with Gasteiger partial charge in [-0.05, 0) is 6.92 Å². The van der Waals surface area contributed by atoms with Gasteiger partial charge in [-0.1, -0.05) is 0 Å². The second kappa shape index (κ2) is 4.73. The van der Waals surface area contributed by atoms with Gasteiger partial charge in [0, 0.05) is 36.4 Å². The molecule has 0 aliphatic heterocycles. The Hall–Kier alpha value is -1.95. The third-order valence-electron chi connectivity index (χ3n) is 2.85. The maximum atomic E-state index is 4.38. The summed E-state index contributed by atoms with van der Waals surface area (Å²) >= 11 is 1.63. The van der Waals surface area contributed by atoms with Gasteiger partial charge < -0.3 is 9.55 Å². The van der Waals surface area contributed by atoms with Crippen LogP contribution in [-0.4, -0.2) is 24.5 Å². The minimum Gasteiger partial charge on any atom is -0.348 e. The Bertz CT molecular complexity index is 622. The molecule has 3 aromatic rings. The molecule has 0 unspecified atom stereocenters. The zero-order chi connectivity index (χ0) is 12.4. The maximum Gasteiger partial charge on any atom is 0.160 e. The van der Waals surface area contributed by atoms with Crippen LogP contribution in [0.15, 0.2) is 29.6 Å². The van der Waals surface area contributed by atoms with Gasteiger partial charge in [0.1, 0.15) is 5.69 Å². The van der Waals surface area contributed by atoms with Crippen LogP contribution in [-0.2, 0) is 13.0 Å². The molecule has 0 radical (unpaired) electrons. The molecule has 0 fully saturated rings. The number of thiazole rings is 1. The summed E-state index contributed by atoms with van der Waals surface area (Å²) in [6, 6.07) is 0. The summed E-state index contributed by atoms with van der Waals surface area (Å²) in [5.41, 5.74) is 4.94. The average molecular weight is 259 g/mol. The number of nitrogens with one attached hydrogen (secondary N) is 1. The molecule has 0 saturated carbocycles. The van der Waals surface area contributed by atoms with Crippen molar-refractivity contribution in [3.05, 3.63) is 41.0 Å². The molecule has 3 aromatic heterocycles. The smallest absolute Gasteiger partial charge is 0.160 e. The monoisotopic (exact) mass is 259 g/mol. The summed E-state index contributed by atoms with van der Waals surface area (Å²) < 4.78 is 2.11. The van der Waals surface area contributed by atoms with E-state index in [0.717, 1.165) is 35.9 Å². The van der Waals surface area contributed by atoms with E-state index in [1.807, 2.05) is 24.8 Å². The van der Waals surface area contributed by atoms with Crippen LogP contribution in [0.2, 0.25) is 0 Å². The molecule has 0 atom stereocenters. The highest BCUT2D eigenvalue weighted by Crippen LogP contribution is 2.18. The van der Waals surface area contributed by atoms with Crippen LogP contribution >= 0.6 is 11.3 Å². The molecule has 3 heterocycles. The standard InChI is InChI=1S/C12H13N5S/c1-9-11(15-7-14-9)12-13-3-5-17(12)4-2-10-6-18-8-16-10/h3,5-8H,2,4H2,1H3,(H,14,15). The molecule has 0 bridgehead atoms. The minimum absolute atomic E-state index is 0.866. The number of aromatic nitrogens is 5. The van der Waals surface area contributed by atoms with Crippen molar-refractivity contribution in [3.8, 4) is 11.5 Å². The first-order valence-corrected chi connectivity index (χ1v) is 6.67. The predicted molar refractivity (Wildman–Crippen MR) is 70.4 cm³/mol. The Morgan fingerprint density at radius 1 is 1.33 bits per heavy atom. The van der Waals surface area contributed by atoms with Gasteiger partial charge in [-0.3, -0.25) is 0 Å². The van der Waals surface area contributed by atoms with E-state index in [-0.39, 0.29) is 0 Å². The lowest BCUT2D eigenvalue weighted by Gasteiger charge is -2.05. The largest absolute Gasteiger partial charge is 0.348 e. The lowest BCUT2D eigenvalue weighted by atomic mass is 10.3. The van der Waals surface area contributed by atoms with Gasteiger partial charge in [-0.25, -0.2) is 15.0 Å². The average Bonchev–Trinajstić information content (AvgIpc) is 3.06. The molecule has 0 aliphatic rings. The fourth-order valence-electron chi connectivity index (χ4n) is 1.89. The van der Waals surface area contributed by atoms with Gasteiger partial charge >= 0.3 is 0 Å². The highest BCUT2D eigenvalue weighted by Gasteiger charge is 2.11. The number of aryl methyl sites for hydroxylation is 3. The third kappa shape index (κ3) is 2.06. The first kappa shape index (κ1) is 11.2. The van der Waals surface area contributed by atoms with Crippen LogP contribution in [0, 0.1) is 6.92 Å². The lowest BCUT2D eigenvalue weighted by molar-refractivity contribution is 0.693. The van der Waals surface area contributed by atoms with Crippen LogP contribution in [0.4, 0.5) is 0 Å². The first-order chi connectivity index (χ1) is 8.84. The van der Waals surface area contributed by atoms with Gasteiger partial charge in [-0.2, -0.15) is 0 Å². The van der Waals surface area contributed by atoms with E-state index in [9.17, 15) is 0 Å². The topological polar surface area (TPSA) is 59.4 Å². The van der Waals surface area contributed by atoms with Crippen molar-refractivity contribution in [2.45, 2.75) is 19.9 Å². The number of hydrogen-bond donors (Lipinski definition) is 1. The van der Waals surface area contributed by atoms with E-state index in [4.69, 9.17) is 0 Å². The number of nitrogens with zero attached hydrogens (tertiary/aromatic N) is 4. The van der Waals surface area contributed by atoms with Crippen molar-refractivity contribution in [3.63, 3.8) is 0 Å². The summed E-state index contributed by atoms with van der Waals surface area (Å²) in [5.74, 6) is 0.906. The second-order valence-corrected chi connectivity index (χ2v) is 4.77. The normalized spacial score (nSPS) is 10.9. The Morgan fingerprint density at radius 2 is 2.28 bits per heavy atom. The molecular formula is C12H13N5S. The van der Waals surface area contributed by atoms with Crippen molar-refractivity contribution >= 4 is 11.3 Å². The maximum absolute atomic E-state index is 4.38. The predicted octanol–water partition coefficient (Wildman–Crippen LogP) is 2.28. The number of rotatable bonds is 4. The van der Waals surface area contributed by atoms with Gasteiger partial charge in [0.15, 0.2) is 5.82 Å². The number of H-pyrrole nitrogens is 1. The first-order valence-electron chi connectivity index (χ1n) is 5.73.